The van der Waals surface area contributed by atoms with E-state index >= 15 is 0 Å². The van der Waals surface area contributed by atoms with Crippen LogP contribution in [0.1, 0.15) is 13.8 Å². The Morgan fingerprint density at radius 2 is 2.22 bits per heavy atom. The first-order valence-corrected chi connectivity index (χ1v) is 2.59. The molecule has 0 fully saturated rings. The molecule has 3 heteroatoms. The summed E-state index contributed by atoms with van der Waals surface area (Å²) in [7, 11) is 0. The van der Waals surface area contributed by atoms with Gasteiger partial charge in [0.25, 0.3) is 0 Å². The average Bonchev–Trinajstić information content (AvgIpc) is 1.67. The maximum Gasteiger partial charge on any atom is 0.312 e. The number of carbonyl (C=O) groups is 1. The van der Waals surface area contributed by atoms with Crippen molar-refractivity contribution in [3.05, 3.63) is 0 Å². The highest BCUT2D eigenvalue weighted by Crippen LogP contribution is 1.49. The molecule has 2 amide bonds. The van der Waals surface area contributed by atoms with E-state index in [4.69, 9.17) is 0 Å². The van der Waals surface area contributed by atoms with E-state index in [0.29, 0.717) is 6.54 Å². The van der Waals surface area contributed by atoms with E-state index in [-0.39, 0.29) is 0 Å². The van der Waals surface area contributed by atoms with Crippen LogP contribution in [-0.2, 0) is 0 Å². The van der Waals surface area contributed by atoms with Crippen LogP contribution in [-0.4, -0.2) is 12.6 Å². The zero-order valence-electron chi connectivity index (χ0n) is 5.77. The quantitative estimate of drug-likeness (QED) is 0.491. The fourth-order valence-corrected chi connectivity index (χ4v) is 0.174. The van der Waals surface area contributed by atoms with E-state index in [1.807, 2.05) is 6.92 Å². The van der Waals surface area contributed by atoms with Crippen LogP contribution in [0.25, 0.3) is 0 Å². The highest BCUT2D eigenvalue weighted by atomic mass is 16.2. The molecule has 52 valence electrons. The Morgan fingerprint density at radius 3 is 2.22 bits per heavy atom. The lowest BCUT2D eigenvalue weighted by Gasteiger charge is -1.88. The standard InChI is InChI=1S/C3H8N2O.C3H4/c1-2-5-3(4)6;1-3-2/h2H2,1H3,(H3,4,5,6);1H,2H3. The second-order valence-electron chi connectivity index (χ2n) is 1.18. The van der Waals surface area contributed by atoms with Gasteiger partial charge in [-0.15, -0.1) is 12.3 Å². The monoisotopic (exact) mass is 128 g/mol. The fourth-order valence-electron chi connectivity index (χ4n) is 0.174. The molecular weight excluding hydrogens is 116 g/mol. The fraction of sp³-hybridized carbons (Fsp3) is 0.500. The zero-order valence-corrected chi connectivity index (χ0v) is 5.77. The van der Waals surface area contributed by atoms with Gasteiger partial charge in [0.2, 0.25) is 0 Å². The summed E-state index contributed by atoms with van der Waals surface area (Å²) in [6.45, 7) is 4.07. The van der Waals surface area contributed by atoms with Crippen LogP contribution in [0, 0.1) is 12.3 Å². The summed E-state index contributed by atoms with van der Waals surface area (Å²) in [5.41, 5.74) is 4.65. The van der Waals surface area contributed by atoms with Crippen LogP contribution in [0.5, 0.6) is 0 Å². The van der Waals surface area contributed by atoms with E-state index in [1.54, 1.807) is 6.92 Å². The van der Waals surface area contributed by atoms with E-state index < -0.39 is 6.03 Å². The Morgan fingerprint density at radius 1 is 1.89 bits per heavy atom. The molecular formula is C6H12N2O. The molecule has 0 aromatic carbocycles. The molecule has 0 spiro atoms. The largest absolute Gasteiger partial charge is 0.352 e. The van der Waals surface area contributed by atoms with Gasteiger partial charge in [-0.25, -0.2) is 4.79 Å². The minimum Gasteiger partial charge on any atom is -0.352 e. The van der Waals surface area contributed by atoms with Crippen molar-refractivity contribution in [3.63, 3.8) is 0 Å². The second kappa shape index (κ2) is 9.95. The van der Waals surface area contributed by atoms with Crippen LogP contribution < -0.4 is 11.1 Å². The molecule has 0 radical (unpaired) electrons. The SMILES string of the molecule is C#CC.CCNC(N)=O. The van der Waals surface area contributed by atoms with Crippen molar-refractivity contribution < 1.29 is 4.79 Å². The molecule has 3 nitrogen and oxygen atoms in total. The number of nitrogens with two attached hydrogens (primary N) is 1. The first-order valence-electron chi connectivity index (χ1n) is 2.59. The molecule has 9 heavy (non-hydrogen) atoms. The Balaban J connectivity index is 0. The van der Waals surface area contributed by atoms with Gasteiger partial charge in [-0.2, -0.15) is 0 Å². The normalized spacial score (nSPS) is 5.89. The van der Waals surface area contributed by atoms with Crippen LogP contribution in [0.3, 0.4) is 0 Å². The third-order valence-corrected chi connectivity index (χ3v) is 0.351. The average molecular weight is 128 g/mol. The van der Waals surface area contributed by atoms with Crippen molar-refractivity contribution in [2.45, 2.75) is 13.8 Å². The summed E-state index contributed by atoms with van der Waals surface area (Å²) >= 11 is 0. The number of amides is 2. The smallest absolute Gasteiger partial charge is 0.312 e. The molecule has 0 saturated carbocycles. The predicted octanol–water partition coefficient (Wildman–Crippen LogP) is 0.314. The molecule has 3 N–H and O–H groups in total. The third kappa shape index (κ3) is 47.6. The molecule has 0 heterocycles. The lowest BCUT2D eigenvalue weighted by atomic mass is 10.7. The molecule has 0 bridgehead atoms. The van der Waals surface area contributed by atoms with Crippen molar-refractivity contribution in [2.24, 2.45) is 5.73 Å². The summed E-state index contributed by atoms with van der Waals surface area (Å²) in [5, 5.41) is 2.35. The van der Waals surface area contributed by atoms with Gasteiger partial charge in [-0.3, -0.25) is 0 Å². The van der Waals surface area contributed by atoms with Gasteiger partial charge in [0, 0.05) is 6.54 Å². The minimum atomic E-state index is -0.461. The van der Waals surface area contributed by atoms with Gasteiger partial charge >= 0.3 is 6.03 Å². The first-order chi connectivity index (χ1) is 4.18. The van der Waals surface area contributed by atoms with Gasteiger partial charge in [0.15, 0.2) is 0 Å². The Kier molecular flexibility index (Phi) is 11.9. The number of terminal acetylenes is 1. The number of nitrogens with one attached hydrogen (secondary N) is 1. The summed E-state index contributed by atoms with van der Waals surface area (Å²) in [6, 6.07) is -0.461. The molecule has 0 aliphatic carbocycles. The number of urea groups is 1. The number of primary amides is 1. The maximum atomic E-state index is 9.71. The molecule has 0 unspecified atom stereocenters. The van der Waals surface area contributed by atoms with Crippen LogP contribution >= 0.6 is 0 Å². The van der Waals surface area contributed by atoms with Crippen molar-refractivity contribution in [1.82, 2.24) is 5.32 Å². The summed E-state index contributed by atoms with van der Waals surface area (Å²) in [4.78, 5) is 9.71. The molecule has 0 rings (SSSR count). The minimum absolute atomic E-state index is 0.461. The van der Waals surface area contributed by atoms with Crippen LogP contribution in [0.15, 0.2) is 0 Å². The molecule has 0 aromatic heterocycles. The Bertz CT molecular complexity index is 104. The van der Waals surface area contributed by atoms with E-state index in [1.165, 1.54) is 0 Å². The topological polar surface area (TPSA) is 55.1 Å². The molecule has 0 aliphatic rings. The van der Waals surface area contributed by atoms with Gasteiger partial charge in [-0.05, 0) is 13.8 Å². The Hall–Kier alpha value is -1.17. The zero-order chi connectivity index (χ0) is 7.70. The molecule has 0 atom stereocenters. The number of hydrogen-bond acceptors (Lipinski definition) is 1. The summed E-state index contributed by atoms with van der Waals surface area (Å²) in [5.74, 6) is 2.25. The highest BCUT2D eigenvalue weighted by Gasteiger charge is 1.79. The van der Waals surface area contributed by atoms with E-state index in [2.05, 4.69) is 23.4 Å². The van der Waals surface area contributed by atoms with Gasteiger partial charge < -0.3 is 11.1 Å². The maximum absolute atomic E-state index is 9.71. The summed E-state index contributed by atoms with van der Waals surface area (Å²) in [6.07, 6.45) is 4.60. The first kappa shape index (κ1) is 10.7. The number of carbonyl (C=O) groups excluding carboxylic acids is 1. The molecule has 0 aromatic rings. The van der Waals surface area contributed by atoms with E-state index in [0.717, 1.165) is 0 Å². The Labute approximate surface area is 55.6 Å². The van der Waals surface area contributed by atoms with E-state index in [9.17, 15) is 4.79 Å². The highest BCUT2D eigenvalue weighted by molar-refractivity contribution is 5.71. The van der Waals surface area contributed by atoms with Crippen molar-refractivity contribution >= 4 is 6.03 Å². The molecule has 0 aliphatic heterocycles. The van der Waals surface area contributed by atoms with Gasteiger partial charge in [-0.1, -0.05) is 0 Å². The van der Waals surface area contributed by atoms with Crippen LogP contribution in [0.4, 0.5) is 4.79 Å². The molecule has 0 saturated heterocycles. The van der Waals surface area contributed by atoms with Gasteiger partial charge in [0.05, 0.1) is 0 Å². The number of rotatable bonds is 1. The predicted molar refractivity (Wildman–Crippen MR) is 37.8 cm³/mol. The second-order valence-corrected chi connectivity index (χ2v) is 1.18. The van der Waals surface area contributed by atoms with Gasteiger partial charge in [0.1, 0.15) is 0 Å². The van der Waals surface area contributed by atoms with Crippen molar-refractivity contribution in [3.8, 4) is 12.3 Å². The summed E-state index contributed by atoms with van der Waals surface area (Å²) < 4.78 is 0. The third-order valence-electron chi connectivity index (χ3n) is 0.351. The van der Waals surface area contributed by atoms with Crippen LogP contribution in [0.2, 0.25) is 0 Å². The van der Waals surface area contributed by atoms with Crippen molar-refractivity contribution in [2.75, 3.05) is 6.54 Å². The lowest BCUT2D eigenvalue weighted by Crippen LogP contribution is -2.28. The van der Waals surface area contributed by atoms with Crippen molar-refractivity contribution in [1.29, 1.82) is 0 Å². The lowest BCUT2D eigenvalue weighted by molar-refractivity contribution is 0.249. The number of hydrogen-bond donors (Lipinski definition) is 2.